The number of alkyl halides is 3. The third kappa shape index (κ3) is 5.68. The summed E-state index contributed by atoms with van der Waals surface area (Å²) in [5.74, 6) is -2.97. The average molecular weight is 399 g/mol. The second-order valence-corrected chi connectivity index (χ2v) is 8.04. The van der Waals surface area contributed by atoms with Crippen LogP contribution in [0.2, 0.25) is 0 Å². The number of carbonyl (C=O) groups excluding carboxylic acids is 3. The Hall–Kier alpha value is -2.18. The number of carbonyl (C=O) groups is 3. The lowest BCUT2D eigenvalue weighted by Gasteiger charge is -2.27. The van der Waals surface area contributed by atoms with Crippen LogP contribution in [-0.2, 0) is 29.0 Å². The summed E-state index contributed by atoms with van der Waals surface area (Å²) < 4.78 is 63.5. The predicted octanol–water partition coefficient (Wildman–Crippen LogP) is -0.626. The van der Waals surface area contributed by atoms with Gasteiger partial charge in [0.05, 0.1) is 17.5 Å². The van der Waals surface area contributed by atoms with Gasteiger partial charge in [0.1, 0.15) is 12.3 Å². The molecule has 2 aliphatic rings. The highest BCUT2D eigenvalue weighted by molar-refractivity contribution is 7.91. The van der Waals surface area contributed by atoms with Crippen molar-refractivity contribution in [3.05, 3.63) is 0 Å². The van der Waals surface area contributed by atoms with Crippen LogP contribution in [0.3, 0.4) is 0 Å². The zero-order valence-corrected chi connectivity index (χ0v) is 14.2. The lowest BCUT2D eigenvalue weighted by atomic mass is 10.1. The van der Waals surface area contributed by atoms with Crippen molar-refractivity contribution in [2.75, 3.05) is 24.7 Å². The van der Waals surface area contributed by atoms with E-state index < -0.39 is 53.0 Å². The van der Waals surface area contributed by atoms with Crippen LogP contribution in [0.25, 0.3) is 0 Å². The summed E-state index contributed by atoms with van der Waals surface area (Å²) in [7, 11) is -3.27. The topological polar surface area (TPSA) is 122 Å². The fourth-order valence-corrected chi connectivity index (χ4v) is 4.13. The number of hydrogen-bond acceptors (Lipinski definition) is 7. The molecule has 0 spiro atoms. The number of rotatable bonds is 5. The van der Waals surface area contributed by atoms with E-state index in [1.807, 2.05) is 0 Å². The van der Waals surface area contributed by atoms with Crippen LogP contribution in [0.1, 0.15) is 19.3 Å². The van der Waals surface area contributed by atoms with Crippen LogP contribution in [0.5, 0.6) is 0 Å². The first kappa shape index (κ1) is 20.1. The molecule has 1 atom stereocenters. The van der Waals surface area contributed by atoms with E-state index in [2.05, 4.69) is 9.84 Å². The van der Waals surface area contributed by atoms with E-state index in [0.29, 0.717) is 0 Å². The molecule has 2 aliphatic heterocycles. The highest BCUT2D eigenvalue weighted by Gasteiger charge is 2.37. The molecule has 26 heavy (non-hydrogen) atoms. The molecule has 13 heteroatoms. The number of halogens is 3. The van der Waals surface area contributed by atoms with E-state index in [9.17, 15) is 36.0 Å². The summed E-state index contributed by atoms with van der Waals surface area (Å²) in [6.07, 6.45) is -4.56. The van der Waals surface area contributed by atoms with Crippen molar-refractivity contribution in [1.29, 1.82) is 0 Å². The van der Waals surface area contributed by atoms with Gasteiger partial charge in [0.25, 0.3) is 5.91 Å². The zero-order valence-electron chi connectivity index (χ0n) is 13.4. The van der Waals surface area contributed by atoms with Gasteiger partial charge in [0, 0.05) is 12.8 Å². The van der Waals surface area contributed by atoms with E-state index in [1.165, 1.54) is 5.32 Å². The molecular formula is C13H16F3N3O6S. The van der Waals surface area contributed by atoms with Crippen molar-refractivity contribution < 1.29 is 40.7 Å². The van der Waals surface area contributed by atoms with Gasteiger partial charge in [-0.15, -0.1) is 0 Å². The molecule has 2 amide bonds. The van der Waals surface area contributed by atoms with E-state index in [-0.39, 0.29) is 36.5 Å². The predicted molar refractivity (Wildman–Crippen MR) is 80.6 cm³/mol. The first-order chi connectivity index (χ1) is 12.0. The second-order valence-electron chi connectivity index (χ2n) is 5.81. The van der Waals surface area contributed by atoms with Crippen molar-refractivity contribution in [2.45, 2.75) is 31.5 Å². The van der Waals surface area contributed by atoms with Crippen molar-refractivity contribution in [3.63, 3.8) is 0 Å². The largest absolute Gasteiger partial charge is 0.451 e. The molecule has 0 aromatic carbocycles. The minimum Gasteiger partial charge on any atom is -0.451 e. The summed E-state index contributed by atoms with van der Waals surface area (Å²) in [5.41, 5.74) is -0.197. The van der Waals surface area contributed by atoms with Crippen LogP contribution in [0.15, 0.2) is 5.10 Å². The monoisotopic (exact) mass is 399 g/mol. The summed E-state index contributed by atoms with van der Waals surface area (Å²) in [4.78, 5) is 35.0. The maximum Gasteiger partial charge on any atom is 0.405 e. The molecule has 0 aliphatic carbocycles. The Balaban J connectivity index is 1.92. The first-order valence-corrected chi connectivity index (χ1v) is 9.39. The van der Waals surface area contributed by atoms with Crippen LogP contribution in [0.4, 0.5) is 13.2 Å². The SMILES string of the molecule is O=C(COC(=O)C1=NN([C@H]2CCS(=O)(=O)C2)C(=O)CC1)NCC(F)(F)F. The minimum atomic E-state index is -4.59. The summed E-state index contributed by atoms with van der Waals surface area (Å²) in [6.45, 7) is -2.48. The number of hydrazone groups is 1. The fourth-order valence-electron chi connectivity index (χ4n) is 2.44. The fraction of sp³-hybridized carbons (Fsp3) is 0.692. The molecule has 9 nitrogen and oxygen atoms in total. The quantitative estimate of drug-likeness (QED) is 0.615. The number of nitrogens with zero attached hydrogens (tertiary/aromatic N) is 2. The third-order valence-corrected chi connectivity index (χ3v) is 5.42. The van der Waals surface area contributed by atoms with Gasteiger partial charge in [0.2, 0.25) is 5.91 Å². The number of sulfone groups is 1. The Morgan fingerprint density at radius 1 is 1.31 bits per heavy atom. The Kier molecular flexibility index (Phi) is 5.88. The standard InChI is InChI=1S/C13H16F3N3O6S/c14-13(15,16)7-17-10(20)5-25-12(22)9-1-2-11(21)19(18-9)8-3-4-26(23,24)6-8/h8H,1-7H2,(H,17,20)/t8-/m0/s1. The first-order valence-electron chi connectivity index (χ1n) is 7.57. The van der Waals surface area contributed by atoms with Crippen molar-refractivity contribution in [3.8, 4) is 0 Å². The molecule has 1 N–H and O–H groups in total. The van der Waals surface area contributed by atoms with E-state index in [4.69, 9.17) is 0 Å². The molecule has 0 unspecified atom stereocenters. The molecular weight excluding hydrogens is 383 g/mol. The van der Waals surface area contributed by atoms with Crippen LogP contribution in [-0.4, -0.2) is 73.8 Å². The van der Waals surface area contributed by atoms with Crippen molar-refractivity contribution in [2.24, 2.45) is 5.10 Å². The molecule has 1 fully saturated rings. The lowest BCUT2D eigenvalue weighted by molar-refractivity contribution is -0.147. The maximum absolute atomic E-state index is 12.0. The number of amides is 2. The number of nitrogens with one attached hydrogen (secondary N) is 1. The van der Waals surface area contributed by atoms with Gasteiger partial charge < -0.3 is 10.1 Å². The highest BCUT2D eigenvalue weighted by atomic mass is 32.2. The van der Waals surface area contributed by atoms with Gasteiger partial charge in [-0.2, -0.15) is 18.3 Å². The van der Waals surface area contributed by atoms with Gasteiger partial charge in [-0.1, -0.05) is 0 Å². The molecule has 2 rings (SSSR count). The molecule has 0 aromatic rings. The molecule has 1 saturated heterocycles. The summed E-state index contributed by atoms with van der Waals surface area (Å²) in [5, 5.41) is 6.30. The number of hydrogen-bond donors (Lipinski definition) is 1. The van der Waals surface area contributed by atoms with E-state index >= 15 is 0 Å². The van der Waals surface area contributed by atoms with Crippen molar-refractivity contribution in [1.82, 2.24) is 10.3 Å². The smallest absolute Gasteiger partial charge is 0.405 e. The lowest BCUT2D eigenvalue weighted by Crippen LogP contribution is -2.42. The van der Waals surface area contributed by atoms with Gasteiger partial charge in [-0.05, 0) is 6.42 Å². The van der Waals surface area contributed by atoms with Gasteiger partial charge in [-0.3, -0.25) is 9.59 Å². The number of ether oxygens (including phenoxy) is 1. The maximum atomic E-state index is 12.0. The normalized spacial score (nSPS) is 22.7. The molecule has 0 saturated carbocycles. The highest BCUT2D eigenvalue weighted by Crippen LogP contribution is 2.22. The number of esters is 1. The Labute approximate surface area is 146 Å². The summed E-state index contributed by atoms with van der Waals surface area (Å²) >= 11 is 0. The zero-order chi connectivity index (χ0) is 19.5. The Bertz CT molecular complexity index is 734. The molecule has 0 radical (unpaired) electrons. The molecule has 0 bridgehead atoms. The molecule has 0 aromatic heterocycles. The van der Waals surface area contributed by atoms with Crippen LogP contribution in [0, 0.1) is 0 Å². The van der Waals surface area contributed by atoms with Gasteiger partial charge >= 0.3 is 12.1 Å². The summed E-state index contributed by atoms with van der Waals surface area (Å²) in [6, 6.07) is -0.675. The second kappa shape index (κ2) is 7.60. The Morgan fingerprint density at radius 2 is 2.00 bits per heavy atom. The van der Waals surface area contributed by atoms with E-state index in [1.54, 1.807) is 0 Å². The van der Waals surface area contributed by atoms with Crippen molar-refractivity contribution >= 4 is 33.3 Å². The average Bonchev–Trinajstić information content (AvgIpc) is 2.90. The third-order valence-electron chi connectivity index (χ3n) is 3.67. The van der Waals surface area contributed by atoms with Gasteiger partial charge in [0.15, 0.2) is 16.4 Å². The Morgan fingerprint density at radius 3 is 2.58 bits per heavy atom. The molecule has 146 valence electrons. The minimum absolute atomic E-state index is 0.0716. The van der Waals surface area contributed by atoms with Crippen LogP contribution < -0.4 is 5.32 Å². The van der Waals surface area contributed by atoms with Crippen LogP contribution >= 0.6 is 0 Å². The van der Waals surface area contributed by atoms with Gasteiger partial charge in [-0.25, -0.2) is 18.2 Å². The molecule has 2 heterocycles. The van der Waals surface area contributed by atoms with E-state index in [0.717, 1.165) is 5.01 Å².